The van der Waals surface area contributed by atoms with Crippen molar-refractivity contribution in [2.75, 3.05) is 7.11 Å². The number of benzene rings is 2. The summed E-state index contributed by atoms with van der Waals surface area (Å²) in [6.45, 7) is 0.394. The van der Waals surface area contributed by atoms with Crippen molar-refractivity contribution in [3.63, 3.8) is 0 Å². The molecule has 0 saturated carbocycles. The molecule has 0 fully saturated rings. The minimum Gasteiger partial charge on any atom is -0.378 e. The maximum absolute atomic E-state index is 6.20. The fraction of sp³-hybridized carbons (Fsp3) is 0.100. The molecule has 4 nitrogen and oxygen atoms in total. The van der Waals surface area contributed by atoms with Gasteiger partial charge in [0.25, 0.3) is 0 Å². The van der Waals surface area contributed by atoms with E-state index in [4.69, 9.17) is 21.4 Å². The minimum atomic E-state index is 0.394. The van der Waals surface area contributed by atoms with Gasteiger partial charge in [-0.2, -0.15) is 5.10 Å². The van der Waals surface area contributed by atoms with Crippen molar-refractivity contribution in [2.24, 2.45) is 0 Å². The Morgan fingerprint density at radius 3 is 2.62 bits per heavy atom. The van der Waals surface area contributed by atoms with Crippen LogP contribution in [0.3, 0.4) is 0 Å². The smallest absolute Gasteiger partial charge is 0.163 e. The third-order valence-electron chi connectivity index (χ3n) is 4.13. The van der Waals surface area contributed by atoms with Crippen LogP contribution in [0.2, 0.25) is 5.02 Å². The van der Waals surface area contributed by atoms with Gasteiger partial charge in [-0.05, 0) is 35.9 Å². The molecule has 26 heavy (non-hydrogen) atoms. The zero-order valence-electron chi connectivity index (χ0n) is 14.0. The first kappa shape index (κ1) is 17.2. The molecule has 0 atom stereocenters. The summed E-state index contributed by atoms with van der Waals surface area (Å²) in [5.74, 6) is 0. The molecular weight excluding hydrogens is 414 g/mol. The second-order valence-electron chi connectivity index (χ2n) is 5.84. The molecule has 0 amide bonds. The molecule has 6 heteroatoms. The van der Waals surface area contributed by atoms with E-state index in [-0.39, 0.29) is 0 Å². The van der Waals surface area contributed by atoms with Crippen LogP contribution in [0.4, 0.5) is 0 Å². The highest BCUT2D eigenvalue weighted by atomic mass is 79.9. The summed E-state index contributed by atoms with van der Waals surface area (Å²) < 4.78 is 8.27. The lowest BCUT2D eigenvalue weighted by Crippen LogP contribution is -1.96. The predicted molar refractivity (Wildman–Crippen MR) is 107 cm³/mol. The number of ether oxygens (including phenoxy) is 1. The van der Waals surface area contributed by atoms with Crippen LogP contribution in [-0.2, 0) is 11.3 Å². The molecule has 4 rings (SSSR count). The second kappa shape index (κ2) is 7.19. The molecule has 0 radical (unpaired) electrons. The summed E-state index contributed by atoms with van der Waals surface area (Å²) in [7, 11) is 1.66. The standard InChI is InChI=1S/C20H15BrClN3O/c1-26-12-17-19(14-3-2-4-16(22)11-14)20-23-10-9-18(25(20)24-17)13-5-7-15(21)8-6-13/h2-11H,12H2,1H3. The van der Waals surface area contributed by atoms with E-state index < -0.39 is 0 Å². The van der Waals surface area contributed by atoms with E-state index in [1.807, 2.05) is 47.0 Å². The van der Waals surface area contributed by atoms with Gasteiger partial charge < -0.3 is 4.74 Å². The summed E-state index contributed by atoms with van der Waals surface area (Å²) in [4.78, 5) is 4.59. The first-order valence-corrected chi connectivity index (χ1v) is 9.22. The van der Waals surface area contributed by atoms with E-state index in [2.05, 4.69) is 33.0 Å². The van der Waals surface area contributed by atoms with Crippen LogP contribution in [0.25, 0.3) is 28.0 Å². The Kier molecular flexibility index (Phi) is 4.76. The largest absolute Gasteiger partial charge is 0.378 e. The number of methoxy groups -OCH3 is 1. The van der Waals surface area contributed by atoms with Crippen LogP contribution in [0.15, 0.2) is 65.3 Å². The molecule has 0 aliphatic heterocycles. The highest BCUT2D eigenvalue weighted by molar-refractivity contribution is 9.10. The lowest BCUT2D eigenvalue weighted by atomic mass is 10.1. The third kappa shape index (κ3) is 3.14. The lowest BCUT2D eigenvalue weighted by Gasteiger charge is -2.06. The first-order valence-electron chi connectivity index (χ1n) is 8.05. The van der Waals surface area contributed by atoms with Gasteiger partial charge in [-0.25, -0.2) is 9.50 Å². The summed E-state index contributed by atoms with van der Waals surface area (Å²) >= 11 is 9.68. The van der Waals surface area contributed by atoms with Gasteiger partial charge in [0.15, 0.2) is 5.65 Å². The Labute approximate surface area is 164 Å². The molecule has 2 aromatic carbocycles. The number of hydrogen-bond acceptors (Lipinski definition) is 3. The maximum atomic E-state index is 6.20. The van der Waals surface area contributed by atoms with E-state index in [0.29, 0.717) is 11.6 Å². The van der Waals surface area contributed by atoms with Crippen molar-refractivity contribution in [3.8, 4) is 22.4 Å². The molecule has 0 aliphatic rings. The van der Waals surface area contributed by atoms with Gasteiger partial charge in [0.2, 0.25) is 0 Å². The summed E-state index contributed by atoms with van der Waals surface area (Å²) in [5, 5.41) is 5.46. The van der Waals surface area contributed by atoms with Crippen LogP contribution in [0, 0.1) is 0 Å². The van der Waals surface area contributed by atoms with Gasteiger partial charge in [0, 0.05) is 28.4 Å². The number of hydrogen-bond donors (Lipinski definition) is 0. The number of halogens is 2. The van der Waals surface area contributed by atoms with Crippen molar-refractivity contribution in [2.45, 2.75) is 6.61 Å². The molecule has 0 bridgehead atoms. The van der Waals surface area contributed by atoms with E-state index in [1.165, 1.54) is 0 Å². The molecule has 0 saturated heterocycles. The molecule has 0 N–H and O–H groups in total. The minimum absolute atomic E-state index is 0.394. The Balaban J connectivity index is 1.98. The maximum Gasteiger partial charge on any atom is 0.163 e. The molecule has 0 spiro atoms. The average molecular weight is 429 g/mol. The van der Waals surface area contributed by atoms with Crippen LogP contribution >= 0.6 is 27.5 Å². The highest BCUT2D eigenvalue weighted by Gasteiger charge is 2.18. The normalized spacial score (nSPS) is 11.2. The van der Waals surface area contributed by atoms with Gasteiger partial charge in [0.05, 0.1) is 23.6 Å². The highest BCUT2D eigenvalue weighted by Crippen LogP contribution is 2.32. The number of fused-ring (bicyclic) bond motifs is 1. The number of aromatic nitrogens is 3. The topological polar surface area (TPSA) is 39.4 Å². The predicted octanol–water partition coefficient (Wildman–Crippen LogP) is 5.63. The molecule has 4 aromatic rings. The number of nitrogens with zero attached hydrogens (tertiary/aromatic N) is 3. The average Bonchev–Trinajstić information content (AvgIpc) is 3.01. The Morgan fingerprint density at radius 2 is 1.88 bits per heavy atom. The number of rotatable bonds is 4. The van der Waals surface area contributed by atoms with Crippen LogP contribution in [0.5, 0.6) is 0 Å². The van der Waals surface area contributed by atoms with Crippen LogP contribution in [-0.4, -0.2) is 21.7 Å². The van der Waals surface area contributed by atoms with Gasteiger partial charge in [-0.1, -0.05) is 51.8 Å². The lowest BCUT2D eigenvalue weighted by molar-refractivity contribution is 0.181. The van der Waals surface area contributed by atoms with Crippen molar-refractivity contribution < 1.29 is 4.74 Å². The molecular formula is C20H15BrClN3O. The van der Waals surface area contributed by atoms with E-state index in [0.717, 1.165) is 38.2 Å². The van der Waals surface area contributed by atoms with Crippen molar-refractivity contribution in [3.05, 3.63) is 76.0 Å². The van der Waals surface area contributed by atoms with Crippen molar-refractivity contribution >= 4 is 33.2 Å². The summed E-state index contributed by atoms with van der Waals surface area (Å²) in [5.41, 5.74) is 5.54. The van der Waals surface area contributed by atoms with Crippen LogP contribution < -0.4 is 0 Å². The molecule has 130 valence electrons. The monoisotopic (exact) mass is 427 g/mol. The SMILES string of the molecule is COCc1nn2c(-c3ccc(Br)cc3)ccnc2c1-c1cccc(Cl)c1. The zero-order chi connectivity index (χ0) is 18.1. The van der Waals surface area contributed by atoms with Gasteiger partial charge >= 0.3 is 0 Å². The summed E-state index contributed by atoms with van der Waals surface area (Å²) in [6.07, 6.45) is 1.80. The van der Waals surface area contributed by atoms with E-state index in [9.17, 15) is 0 Å². The summed E-state index contributed by atoms with van der Waals surface area (Å²) in [6, 6.07) is 17.8. The molecule has 2 heterocycles. The first-order chi connectivity index (χ1) is 12.7. The van der Waals surface area contributed by atoms with Gasteiger partial charge in [0.1, 0.15) is 0 Å². The second-order valence-corrected chi connectivity index (χ2v) is 7.19. The van der Waals surface area contributed by atoms with Crippen molar-refractivity contribution in [1.82, 2.24) is 14.6 Å². The fourth-order valence-electron chi connectivity index (χ4n) is 3.01. The molecule has 0 unspecified atom stereocenters. The van der Waals surface area contributed by atoms with E-state index in [1.54, 1.807) is 13.3 Å². The Morgan fingerprint density at radius 1 is 1.08 bits per heavy atom. The molecule has 2 aromatic heterocycles. The quantitative estimate of drug-likeness (QED) is 0.423. The third-order valence-corrected chi connectivity index (χ3v) is 4.89. The zero-order valence-corrected chi connectivity index (χ0v) is 16.3. The Hall–Kier alpha value is -2.21. The van der Waals surface area contributed by atoms with Crippen LogP contribution in [0.1, 0.15) is 5.69 Å². The Bertz CT molecular complexity index is 1080. The van der Waals surface area contributed by atoms with Gasteiger partial charge in [-0.3, -0.25) is 0 Å². The fourth-order valence-corrected chi connectivity index (χ4v) is 3.46. The van der Waals surface area contributed by atoms with E-state index >= 15 is 0 Å². The van der Waals surface area contributed by atoms with Gasteiger partial charge in [-0.15, -0.1) is 0 Å². The molecule has 0 aliphatic carbocycles. The van der Waals surface area contributed by atoms with Crippen molar-refractivity contribution in [1.29, 1.82) is 0 Å².